The van der Waals surface area contributed by atoms with Crippen molar-refractivity contribution in [3.05, 3.63) is 29.5 Å². The molecule has 5 nitrogen and oxygen atoms in total. The van der Waals surface area contributed by atoms with Crippen molar-refractivity contribution in [3.63, 3.8) is 0 Å². The lowest BCUT2D eigenvalue weighted by molar-refractivity contribution is 0.0222. The molecule has 1 amide bonds. The van der Waals surface area contributed by atoms with Crippen molar-refractivity contribution in [1.82, 2.24) is 9.88 Å². The van der Waals surface area contributed by atoms with E-state index >= 15 is 0 Å². The first-order chi connectivity index (χ1) is 9.83. The maximum absolute atomic E-state index is 12.1. The number of aromatic hydroxyl groups is 1. The maximum atomic E-state index is 12.1. The van der Waals surface area contributed by atoms with E-state index in [1.807, 2.05) is 26.8 Å². The Balaban J connectivity index is 1.86. The molecule has 1 aliphatic heterocycles. The fourth-order valence-corrected chi connectivity index (χ4v) is 2.71. The van der Waals surface area contributed by atoms with Crippen molar-refractivity contribution in [3.8, 4) is 5.75 Å². The Morgan fingerprint density at radius 3 is 2.86 bits per heavy atom. The molecule has 2 aromatic rings. The first kappa shape index (κ1) is 13.8. The number of nitrogens with zero attached hydrogens (tertiary/aromatic N) is 1. The van der Waals surface area contributed by atoms with Crippen LogP contribution in [-0.2, 0) is 17.7 Å². The standard InChI is InChI=1S/C16H20N2O3/c1-16(2,3)21-15(20)18-7-6-11-12-8-10(19)4-5-13(12)17-14(11)9-18/h4-5,8,17,19H,6-7,9H2,1-3H3. The maximum Gasteiger partial charge on any atom is 0.410 e. The van der Waals surface area contributed by atoms with Crippen molar-refractivity contribution >= 4 is 17.0 Å². The van der Waals surface area contributed by atoms with E-state index in [2.05, 4.69) is 4.98 Å². The van der Waals surface area contributed by atoms with Crippen LogP contribution in [0.1, 0.15) is 32.0 Å². The van der Waals surface area contributed by atoms with Gasteiger partial charge in [0.05, 0.1) is 6.54 Å². The second kappa shape index (κ2) is 4.69. The number of hydrogen-bond acceptors (Lipinski definition) is 3. The van der Waals surface area contributed by atoms with Gasteiger partial charge in [-0.15, -0.1) is 0 Å². The molecule has 0 aliphatic carbocycles. The Hall–Kier alpha value is -2.17. The van der Waals surface area contributed by atoms with Crippen molar-refractivity contribution in [2.45, 2.75) is 39.3 Å². The second-order valence-corrected chi connectivity index (χ2v) is 6.46. The summed E-state index contributed by atoms with van der Waals surface area (Å²) in [6.07, 6.45) is 0.479. The number of H-pyrrole nitrogens is 1. The third-order valence-corrected chi connectivity index (χ3v) is 3.61. The number of aromatic amines is 1. The molecule has 0 spiro atoms. The van der Waals surface area contributed by atoms with Crippen LogP contribution < -0.4 is 0 Å². The van der Waals surface area contributed by atoms with Crippen LogP contribution in [0.2, 0.25) is 0 Å². The molecule has 21 heavy (non-hydrogen) atoms. The Bertz CT molecular complexity index is 697. The lowest BCUT2D eigenvalue weighted by Gasteiger charge is -2.30. The van der Waals surface area contributed by atoms with E-state index in [0.29, 0.717) is 13.1 Å². The van der Waals surface area contributed by atoms with Crippen LogP contribution in [0.5, 0.6) is 5.75 Å². The molecule has 0 unspecified atom stereocenters. The highest BCUT2D eigenvalue weighted by Crippen LogP contribution is 2.30. The molecule has 1 aliphatic rings. The normalized spacial score (nSPS) is 15.1. The van der Waals surface area contributed by atoms with Crippen LogP contribution in [-0.4, -0.2) is 33.2 Å². The van der Waals surface area contributed by atoms with Gasteiger partial charge in [-0.2, -0.15) is 0 Å². The molecule has 0 atom stereocenters. The summed E-state index contributed by atoms with van der Waals surface area (Å²) in [6, 6.07) is 5.30. The average Bonchev–Trinajstić information content (AvgIpc) is 2.73. The van der Waals surface area contributed by atoms with Crippen molar-refractivity contribution < 1.29 is 14.6 Å². The first-order valence-electron chi connectivity index (χ1n) is 7.14. The van der Waals surface area contributed by atoms with Gasteiger partial charge in [0, 0.05) is 23.1 Å². The van der Waals surface area contributed by atoms with Crippen molar-refractivity contribution in [2.24, 2.45) is 0 Å². The summed E-state index contributed by atoms with van der Waals surface area (Å²) < 4.78 is 5.42. The number of fused-ring (bicyclic) bond motifs is 3. The number of rotatable bonds is 0. The van der Waals surface area contributed by atoms with Gasteiger partial charge in [0.15, 0.2) is 0 Å². The Morgan fingerprint density at radius 1 is 1.38 bits per heavy atom. The van der Waals surface area contributed by atoms with Gasteiger partial charge in [-0.1, -0.05) is 0 Å². The molecule has 112 valence electrons. The number of phenols is 1. The number of benzene rings is 1. The minimum Gasteiger partial charge on any atom is -0.508 e. The fraction of sp³-hybridized carbons (Fsp3) is 0.438. The molecule has 0 bridgehead atoms. The molecule has 1 aromatic heterocycles. The SMILES string of the molecule is CC(C)(C)OC(=O)N1CCc2c([nH]c3ccc(O)cc23)C1. The predicted molar refractivity (Wildman–Crippen MR) is 80.3 cm³/mol. The molecule has 5 heteroatoms. The van der Waals surface area contributed by atoms with Crippen molar-refractivity contribution in [1.29, 1.82) is 0 Å². The summed E-state index contributed by atoms with van der Waals surface area (Å²) in [5, 5.41) is 10.7. The zero-order valence-electron chi connectivity index (χ0n) is 12.6. The molecule has 1 aromatic carbocycles. The number of carbonyl (C=O) groups excluding carboxylic acids is 1. The number of phenolic OH excluding ortho intramolecular Hbond substituents is 1. The van der Waals surface area contributed by atoms with Gasteiger partial charge in [-0.3, -0.25) is 0 Å². The van der Waals surface area contributed by atoms with Gasteiger partial charge in [0.2, 0.25) is 0 Å². The number of amides is 1. The van der Waals surface area contributed by atoms with Crippen LogP contribution >= 0.6 is 0 Å². The minimum atomic E-state index is -0.483. The summed E-state index contributed by atoms with van der Waals surface area (Å²) in [5.74, 6) is 0.263. The topological polar surface area (TPSA) is 65.6 Å². The summed E-state index contributed by atoms with van der Waals surface area (Å²) in [4.78, 5) is 17.2. The molecule has 2 N–H and O–H groups in total. The average molecular weight is 288 g/mol. The van der Waals surface area contributed by atoms with E-state index in [4.69, 9.17) is 4.74 Å². The van der Waals surface area contributed by atoms with Gasteiger partial charge in [0.25, 0.3) is 0 Å². The van der Waals surface area contributed by atoms with Crippen LogP contribution in [0.4, 0.5) is 4.79 Å². The summed E-state index contributed by atoms with van der Waals surface area (Å²) in [7, 11) is 0. The summed E-state index contributed by atoms with van der Waals surface area (Å²) >= 11 is 0. The predicted octanol–water partition coefficient (Wildman–Crippen LogP) is 3.17. The fourth-order valence-electron chi connectivity index (χ4n) is 2.71. The van der Waals surface area contributed by atoms with E-state index < -0.39 is 5.60 Å². The quantitative estimate of drug-likeness (QED) is 0.782. The molecule has 3 rings (SSSR count). The number of aromatic nitrogens is 1. The van der Waals surface area contributed by atoms with E-state index in [1.165, 1.54) is 5.56 Å². The molecule has 0 radical (unpaired) electrons. The zero-order chi connectivity index (χ0) is 15.2. The molecule has 0 fully saturated rings. The van der Waals surface area contributed by atoms with E-state index in [-0.39, 0.29) is 11.8 Å². The highest BCUT2D eigenvalue weighted by atomic mass is 16.6. The van der Waals surface area contributed by atoms with Gasteiger partial charge in [-0.05, 0) is 51.0 Å². The number of hydrogen-bond donors (Lipinski definition) is 2. The monoisotopic (exact) mass is 288 g/mol. The summed E-state index contributed by atoms with van der Waals surface area (Å²) in [6.45, 7) is 6.74. The molecule has 0 saturated carbocycles. The highest BCUT2D eigenvalue weighted by Gasteiger charge is 2.27. The number of carbonyl (C=O) groups is 1. The van der Waals surface area contributed by atoms with Crippen LogP contribution in [0, 0.1) is 0 Å². The minimum absolute atomic E-state index is 0.263. The zero-order valence-corrected chi connectivity index (χ0v) is 12.6. The second-order valence-electron chi connectivity index (χ2n) is 6.46. The van der Waals surface area contributed by atoms with Crippen molar-refractivity contribution in [2.75, 3.05) is 6.54 Å². The number of ether oxygens (including phenoxy) is 1. The van der Waals surface area contributed by atoms with E-state index in [9.17, 15) is 9.90 Å². The number of nitrogens with one attached hydrogen (secondary N) is 1. The molecule has 0 saturated heterocycles. The first-order valence-corrected chi connectivity index (χ1v) is 7.14. The largest absolute Gasteiger partial charge is 0.508 e. The molecule has 2 heterocycles. The van der Waals surface area contributed by atoms with Gasteiger partial charge >= 0.3 is 6.09 Å². The molecular weight excluding hydrogens is 268 g/mol. The van der Waals surface area contributed by atoms with E-state index in [0.717, 1.165) is 23.0 Å². The van der Waals surface area contributed by atoms with E-state index in [1.54, 1.807) is 17.0 Å². The third-order valence-electron chi connectivity index (χ3n) is 3.61. The smallest absolute Gasteiger partial charge is 0.410 e. The lowest BCUT2D eigenvalue weighted by atomic mass is 10.0. The Labute approximate surface area is 123 Å². The van der Waals surface area contributed by atoms with Crippen LogP contribution in [0.25, 0.3) is 10.9 Å². The van der Waals surface area contributed by atoms with Crippen LogP contribution in [0.3, 0.4) is 0 Å². The Kier molecular flexibility index (Phi) is 3.08. The summed E-state index contributed by atoms with van der Waals surface area (Å²) in [5.41, 5.74) is 2.71. The molecular formula is C16H20N2O3. The van der Waals surface area contributed by atoms with Crippen LogP contribution in [0.15, 0.2) is 18.2 Å². The van der Waals surface area contributed by atoms with Gasteiger partial charge in [0.1, 0.15) is 11.4 Å². The van der Waals surface area contributed by atoms with Gasteiger partial charge in [-0.25, -0.2) is 4.79 Å². The lowest BCUT2D eigenvalue weighted by Crippen LogP contribution is -2.39. The third kappa shape index (κ3) is 2.68. The van der Waals surface area contributed by atoms with Gasteiger partial charge < -0.3 is 19.7 Å². The highest BCUT2D eigenvalue weighted by molar-refractivity contribution is 5.86. The Morgan fingerprint density at radius 2 is 2.14 bits per heavy atom.